The zero-order valence-electron chi connectivity index (χ0n) is 11.8. The van der Waals surface area contributed by atoms with Crippen LogP contribution in [0.4, 0.5) is 5.69 Å². The van der Waals surface area contributed by atoms with Crippen molar-refractivity contribution < 1.29 is 0 Å². The number of nitrogen functional groups attached to an aromatic ring is 1. The molecule has 0 saturated heterocycles. The molecule has 2 N–H and O–H groups in total. The fourth-order valence-electron chi connectivity index (χ4n) is 2.16. The summed E-state index contributed by atoms with van der Waals surface area (Å²) in [5.41, 5.74) is 11.0. The van der Waals surface area contributed by atoms with Gasteiger partial charge < -0.3 is 5.73 Å². The Kier molecular flexibility index (Phi) is 5.61. The molecule has 0 aliphatic carbocycles. The van der Waals surface area contributed by atoms with Gasteiger partial charge in [-0.25, -0.2) is 0 Å². The van der Waals surface area contributed by atoms with Gasteiger partial charge in [-0.3, -0.25) is 0 Å². The molecule has 1 unspecified atom stereocenters. The number of nitrogens with two attached hydrogens (primary N) is 1. The molecular formula is C17H19ClN2. The molecule has 0 bridgehead atoms. The number of rotatable bonds is 3. The minimum atomic E-state index is 0. The van der Waals surface area contributed by atoms with Crippen LogP contribution in [0.5, 0.6) is 0 Å². The molecule has 20 heavy (non-hydrogen) atoms. The molecule has 0 aliphatic heterocycles. The van der Waals surface area contributed by atoms with Gasteiger partial charge in [0.25, 0.3) is 0 Å². The van der Waals surface area contributed by atoms with E-state index < -0.39 is 0 Å². The third-order valence-electron chi connectivity index (χ3n) is 3.58. The van der Waals surface area contributed by atoms with Gasteiger partial charge in [-0.15, -0.1) is 12.4 Å². The second-order valence-electron chi connectivity index (χ2n) is 4.84. The third-order valence-corrected chi connectivity index (χ3v) is 3.58. The predicted molar refractivity (Wildman–Crippen MR) is 87.0 cm³/mol. The van der Waals surface area contributed by atoms with E-state index in [2.05, 4.69) is 32.0 Å². The molecule has 2 rings (SSSR count). The first-order valence-electron chi connectivity index (χ1n) is 6.55. The highest BCUT2D eigenvalue weighted by Gasteiger charge is 2.08. The van der Waals surface area contributed by atoms with Crippen molar-refractivity contribution in [2.45, 2.75) is 26.2 Å². The number of nitrogens with zero attached hydrogens (tertiary/aromatic N) is 1. The summed E-state index contributed by atoms with van der Waals surface area (Å²) >= 11 is 0. The lowest BCUT2D eigenvalue weighted by Crippen LogP contribution is -1.98. The van der Waals surface area contributed by atoms with Crippen molar-refractivity contribution >= 4 is 18.1 Å². The Bertz CT molecular complexity index is 612. The van der Waals surface area contributed by atoms with E-state index in [1.165, 1.54) is 5.56 Å². The van der Waals surface area contributed by atoms with Gasteiger partial charge in [0.05, 0.1) is 11.6 Å². The minimum absolute atomic E-state index is 0. The maximum absolute atomic E-state index is 8.80. The standard InChI is InChI=1S/C17H18N2.ClH/c1-3-12(2)16-9-8-15(10-17(16)19)14-6-4-13(11-18)5-7-14;/h4-10,12H,3,19H2,1-2H3;1H. The monoisotopic (exact) mass is 286 g/mol. The number of benzene rings is 2. The molecule has 2 aromatic rings. The van der Waals surface area contributed by atoms with Crippen LogP contribution in [-0.2, 0) is 0 Å². The lowest BCUT2D eigenvalue weighted by molar-refractivity contribution is 0.736. The second-order valence-corrected chi connectivity index (χ2v) is 4.84. The Hall–Kier alpha value is -1.98. The summed E-state index contributed by atoms with van der Waals surface area (Å²) in [4.78, 5) is 0. The summed E-state index contributed by atoms with van der Waals surface area (Å²) in [6, 6.07) is 15.9. The van der Waals surface area contributed by atoms with E-state index in [0.29, 0.717) is 11.5 Å². The first-order chi connectivity index (χ1) is 9.15. The Balaban J connectivity index is 0.00000200. The molecule has 0 amide bonds. The highest BCUT2D eigenvalue weighted by molar-refractivity contribution is 5.85. The van der Waals surface area contributed by atoms with Crippen LogP contribution < -0.4 is 5.73 Å². The molecule has 2 nitrogen and oxygen atoms in total. The van der Waals surface area contributed by atoms with Crippen molar-refractivity contribution in [2.75, 3.05) is 5.73 Å². The van der Waals surface area contributed by atoms with Crippen molar-refractivity contribution in [3.8, 4) is 17.2 Å². The summed E-state index contributed by atoms with van der Waals surface area (Å²) in [6.45, 7) is 4.35. The fourth-order valence-corrected chi connectivity index (χ4v) is 2.16. The Morgan fingerprint density at radius 2 is 1.70 bits per heavy atom. The molecule has 0 aliphatic rings. The van der Waals surface area contributed by atoms with Crippen LogP contribution in [0.1, 0.15) is 37.3 Å². The van der Waals surface area contributed by atoms with Crippen LogP contribution in [-0.4, -0.2) is 0 Å². The molecule has 0 spiro atoms. The lowest BCUT2D eigenvalue weighted by Gasteiger charge is -2.13. The normalized spacial score (nSPS) is 11.2. The number of nitriles is 1. The van der Waals surface area contributed by atoms with Crippen molar-refractivity contribution in [1.82, 2.24) is 0 Å². The summed E-state index contributed by atoms with van der Waals surface area (Å²) in [5, 5.41) is 8.80. The van der Waals surface area contributed by atoms with E-state index in [1.54, 1.807) is 0 Å². The molecular weight excluding hydrogens is 268 g/mol. The molecule has 0 radical (unpaired) electrons. The topological polar surface area (TPSA) is 49.8 Å². The molecule has 2 aromatic carbocycles. The van der Waals surface area contributed by atoms with Crippen LogP contribution >= 0.6 is 12.4 Å². The van der Waals surface area contributed by atoms with E-state index in [0.717, 1.165) is 23.2 Å². The summed E-state index contributed by atoms with van der Waals surface area (Å²) in [7, 11) is 0. The highest BCUT2D eigenvalue weighted by atomic mass is 35.5. The lowest BCUT2D eigenvalue weighted by atomic mass is 9.94. The Labute approximate surface area is 126 Å². The van der Waals surface area contributed by atoms with E-state index in [4.69, 9.17) is 11.0 Å². The number of anilines is 1. The average Bonchev–Trinajstić information content (AvgIpc) is 2.46. The number of hydrogen-bond acceptors (Lipinski definition) is 2. The number of halogens is 1. The van der Waals surface area contributed by atoms with Crippen molar-refractivity contribution in [2.24, 2.45) is 0 Å². The van der Waals surface area contributed by atoms with Gasteiger partial charge in [0, 0.05) is 5.69 Å². The highest BCUT2D eigenvalue weighted by Crippen LogP contribution is 2.29. The quantitative estimate of drug-likeness (QED) is 0.828. The first kappa shape index (κ1) is 16.1. The largest absolute Gasteiger partial charge is 0.398 e. The molecule has 0 heterocycles. The second kappa shape index (κ2) is 6.98. The predicted octanol–water partition coefficient (Wildman–Crippen LogP) is 4.74. The summed E-state index contributed by atoms with van der Waals surface area (Å²) in [6.07, 6.45) is 1.08. The molecule has 104 valence electrons. The van der Waals surface area contributed by atoms with Gasteiger partial charge in [0.15, 0.2) is 0 Å². The van der Waals surface area contributed by atoms with Gasteiger partial charge in [-0.1, -0.05) is 38.1 Å². The van der Waals surface area contributed by atoms with Gasteiger partial charge >= 0.3 is 0 Å². The fraction of sp³-hybridized carbons (Fsp3) is 0.235. The zero-order chi connectivity index (χ0) is 13.8. The van der Waals surface area contributed by atoms with Gasteiger partial charge in [0.1, 0.15) is 0 Å². The van der Waals surface area contributed by atoms with E-state index >= 15 is 0 Å². The SMILES string of the molecule is CCC(C)c1ccc(-c2ccc(C#N)cc2)cc1N.Cl. The molecule has 0 saturated carbocycles. The van der Waals surface area contributed by atoms with Crippen LogP contribution in [0.25, 0.3) is 11.1 Å². The van der Waals surface area contributed by atoms with Crippen LogP contribution in [0, 0.1) is 11.3 Å². The zero-order valence-corrected chi connectivity index (χ0v) is 12.6. The summed E-state index contributed by atoms with van der Waals surface area (Å²) < 4.78 is 0. The smallest absolute Gasteiger partial charge is 0.0991 e. The molecule has 0 fully saturated rings. The Morgan fingerprint density at radius 3 is 2.20 bits per heavy atom. The molecule has 0 aromatic heterocycles. The van der Waals surface area contributed by atoms with Crippen LogP contribution in [0.3, 0.4) is 0 Å². The van der Waals surface area contributed by atoms with Gasteiger partial charge in [-0.05, 0) is 47.2 Å². The van der Waals surface area contributed by atoms with Crippen molar-refractivity contribution in [1.29, 1.82) is 5.26 Å². The maximum atomic E-state index is 8.80. The molecule has 1 atom stereocenters. The minimum Gasteiger partial charge on any atom is -0.398 e. The maximum Gasteiger partial charge on any atom is 0.0991 e. The van der Waals surface area contributed by atoms with Gasteiger partial charge in [-0.2, -0.15) is 5.26 Å². The van der Waals surface area contributed by atoms with Crippen molar-refractivity contribution in [3.05, 3.63) is 53.6 Å². The van der Waals surface area contributed by atoms with Crippen molar-refractivity contribution in [3.63, 3.8) is 0 Å². The van der Waals surface area contributed by atoms with Crippen LogP contribution in [0.2, 0.25) is 0 Å². The Morgan fingerprint density at radius 1 is 1.10 bits per heavy atom. The van der Waals surface area contributed by atoms with Gasteiger partial charge in [0.2, 0.25) is 0 Å². The number of hydrogen-bond donors (Lipinski definition) is 1. The molecule has 3 heteroatoms. The van der Waals surface area contributed by atoms with E-state index in [-0.39, 0.29) is 12.4 Å². The third kappa shape index (κ3) is 3.31. The van der Waals surface area contributed by atoms with E-state index in [9.17, 15) is 0 Å². The van der Waals surface area contributed by atoms with Crippen LogP contribution in [0.15, 0.2) is 42.5 Å². The summed E-state index contributed by atoms with van der Waals surface area (Å²) in [5.74, 6) is 0.481. The average molecular weight is 287 g/mol. The van der Waals surface area contributed by atoms with E-state index in [1.807, 2.05) is 30.3 Å². The first-order valence-corrected chi connectivity index (χ1v) is 6.55.